The van der Waals surface area contributed by atoms with Gasteiger partial charge in [-0.1, -0.05) is 13.3 Å². The van der Waals surface area contributed by atoms with E-state index in [1.807, 2.05) is 19.1 Å². The maximum Gasteiger partial charge on any atom is 0.328 e. The number of rotatable bonds is 5. The fraction of sp³-hybridized carbons (Fsp3) is 0.308. The molecule has 0 aliphatic carbocycles. The molecule has 6 heteroatoms. The lowest BCUT2D eigenvalue weighted by molar-refractivity contribution is -0.141. The zero-order valence-electron chi connectivity index (χ0n) is 10.7. The first kappa shape index (κ1) is 13.1. The average Bonchev–Trinajstić information content (AvgIpc) is 2.85. The number of anilines is 1. The fourth-order valence-corrected chi connectivity index (χ4v) is 1.83. The highest BCUT2D eigenvalue weighted by molar-refractivity contribution is 5.71. The van der Waals surface area contributed by atoms with E-state index in [1.165, 1.54) is 11.0 Å². The number of nitrogen functional groups attached to an aromatic ring is 1. The van der Waals surface area contributed by atoms with E-state index in [1.54, 1.807) is 12.1 Å². The highest BCUT2D eigenvalue weighted by atomic mass is 16.4. The van der Waals surface area contributed by atoms with Crippen LogP contribution in [0.15, 0.2) is 30.6 Å². The van der Waals surface area contributed by atoms with Gasteiger partial charge < -0.3 is 10.8 Å². The molecule has 0 saturated heterocycles. The predicted molar refractivity (Wildman–Crippen MR) is 71.5 cm³/mol. The SMILES string of the molecule is CCCC(C(=O)O)n1cnc(-c2ccc(N)cc2)n1. The molecule has 0 radical (unpaired) electrons. The van der Waals surface area contributed by atoms with E-state index in [2.05, 4.69) is 10.1 Å². The van der Waals surface area contributed by atoms with Gasteiger partial charge in [-0.15, -0.1) is 0 Å². The smallest absolute Gasteiger partial charge is 0.328 e. The normalized spacial score (nSPS) is 12.3. The molecule has 1 unspecified atom stereocenters. The van der Waals surface area contributed by atoms with Gasteiger partial charge >= 0.3 is 5.97 Å². The van der Waals surface area contributed by atoms with Gasteiger partial charge in [0.1, 0.15) is 6.33 Å². The lowest BCUT2D eigenvalue weighted by atomic mass is 10.2. The lowest BCUT2D eigenvalue weighted by Crippen LogP contribution is -2.19. The van der Waals surface area contributed by atoms with Gasteiger partial charge in [0.2, 0.25) is 0 Å². The summed E-state index contributed by atoms with van der Waals surface area (Å²) in [6, 6.07) is 6.47. The van der Waals surface area contributed by atoms with Crippen LogP contribution in [0.3, 0.4) is 0 Å². The number of carboxylic acids is 1. The minimum Gasteiger partial charge on any atom is -0.480 e. The van der Waals surface area contributed by atoms with Crippen LogP contribution in [0, 0.1) is 0 Å². The summed E-state index contributed by atoms with van der Waals surface area (Å²) < 4.78 is 1.40. The molecular formula is C13H16N4O2. The van der Waals surface area contributed by atoms with Crippen LogP contribution < -0.4 is 5.73 Å². The van der Waals surface area contributed by atoms with Crippen LogP contribution in [0.4, 0.5) is 5.69 Å². The monoisotopic (exact) mass is 260 g/mol. The first-order chi connectivity index (χ1) is 9.11. The van der Waals surface area contributed by atoms with E-state index >= 15 is 0 Å². The second kappa shape index (κ2) is 5.51. The summed E-state index contributed by atoms with van der Waals surface area (Å²) in [5.41, 5.74) is 7.09. The summed E-state index contributed by atoms with van der Waals surface area (Å²) in [4.78, 5) is 15.3. The number of carboxylic acid groups (broad SMARTS) is 1. The largest absolute Gasteiger partial charge is 0.480 e. The average molecular weight is 260 g/mol. The molecule has 0 spiro atoms. The van der Waals surface area contributed by atoms with Gasteiger partial charge in [-0.25, -0.2) is 14.5 Å². The van der Waals surface area contributed by atoms with E-state index in [0.29, 0.717) is 17.9 Å². The molecule has 2 rings (SSSR count). The first-order valence-corrected chi connectivity index (χ1v) is 6.11. The van der Waals surface area contributed by atoms with Crippen molar-refractivity contribution < 1.29 is 9.90 Å². The Morgan fingerprint density at radius 1 is 1.42 bits per heavy atom. The summed E-state index contributed by atoms with van der Waals surface area (Å²) in [6.45, 7) is 1.94. The minimum absolute atomic E-state index is 0.502. The Morgan fingerprint density at radius 2 is 2.11 bits per heavy atom. The van der Waals surface area contributed by atoms with Gasteiger partial charge in [0, 0.05) is 11.3 Å². The first-order valence-electron chi connectivity index (χ1n) is 6.11. The maximum atomic E-state index is 11.2. The van der Waals surface area contributed by atoms with E-state index in [4.69, 9.17) is 10.8 Å². The Balaban J connectivity index is 2.27. The molecule has 1 aromatic carbocycles. The quantitative estimate of drug-likeness (QED) is 0.801. The van der Waals surface area contributed by atoms with Crippen LogP contribution >= 0.6 is 0 Å². The highest BCUT2D eigenvalue weighted by Crippen LogP contribution is 2.19. The summed E-state index contributed by atoms with van der Waals surface area (Å²) in [5, 5.41) is 13.4. The highest BCUT2D eigenvalue weighted by Gasteiger charge is 2.20. The van der Waals surface area contributed by atoms with Crippen LogP contribution in [0.25, 0.3) is 11.4 Å². The lowest BCUT2D eigenvalue weighted by Gasteiger charge is -2.10. The number of nitrogens with two attached hydrogens (primary N) is 1. The van der Waals surface area contributed by atoms with Crippen molar-refractivity contribution in [2.45, 2.75) is 25.8 Å². The number of hydrogen-bond donors (Lipinski definition) is 2. The van der Waals surface area contributed by atoms with Gasteiger partial charge in [-0.05, 0) is 30.7 Å². The number of hydrogen-bond acceptors (Lipinski definition) is 4. The molecule has 1 aromatic heterocycles. The van der Waals surface area contributed by atoms with Gasteiger partial charge in [0.15, 0.2) is 11.9 Å². The standard InChI is InChI=1S/C13H16N4O2/c1-2-3-11(13(18)19)17-8-15-12(16-17)9-4-6-10(14)7-5-9/h4-8,11H,2-3,14H2,1H3,(H,18,19). The van der Waals surface area contributed by atoms with Crippen molar-refractivity contribution in [3.63, 3.8) is 0 Å². The van der Waals surface area contributed by atoms with Crippen molar-refractivity contribution in [3.8, 4) is 11.4 Å². The summed E-state index contributed by atoms with van der Waals surface area (Å²) in [7, 11) is 0. The van der Waals surface area contributed by atoms with Crippen LogP contribution in [0.5, 0.6) is 0 Å². The van der Waals surface area contributed by atoms with Crippen LogP contribution in [0.1, 0.15) is 25.8 Å². The van der Waals surface area contributed by atoms with Crippen molar-refractivity contribution in [3.05, 3.63) is 30.6 Å². The molecule has 0 aliphatic heterocycles. The third kappa shape index (κ3) is 2.90. The molecule has 0 bridgehead atoms. The summed E-state index contributed by atoms with van der Waals surface area (Å²) in [6.07, 6.45) is 2.76. The predicted octanol–water partition coefficient (Wildman–Crippen LogP) is 1.95. The molecule has 100 valence electrons. The molecule has 2 aromatic rings. The van der Waals surface area contributed by atoms with Crippen molar-refractivity contribution >= 4 is 11.7 Å². The van der Waals surface area contributed by atoms with Crippen LogP contribution in [-0.4, -0.2) is 25.8 Å². The van der Waals surface area contributed by atoms with Gasteiger partial charge in [-0.2, -0.15) is 5.10 Å². The van der Waals surface area contributed by atoms with E-state index in [0.717, 1.165) is 12.0 Å². The fourth-order valence-electron chi connectivity index (χ4n) is 1.83. The van der Waals surface area contributed by atoms with E-state index in [-0.39, 0.29) is 0 Å². The van der Waals surface area contributed by atoms with Gasteiger partial charge in [0.05, 0.1) is 0 Å². The molecule has 19 heavy (non-hydrogen) atoms. The number of carbonyl (C=O) groups is 1. The van der Waals surface area contributed by atoms with E-state index in [9.17, 15) is 4.79 Å². The Bertz CT molecular complexity index is 562. The maximum absolute atomic E-state index is 11.2. The Morgan fingerprint density at radius 3 is 2.68 bits per heavy atom. The molecule has 1 heterocycles. The molecule has 0 saturated carbocycles. The second-order valence-electron chi connectivity index (χ2n) is 4.31. The third-order valence-electron chi connectivity index (χ3n) is 2.84. The van der Waals surface area contributed by atoms with Crippen LogP contribution in [0.2, 0.25) is 0 Å². The number of benzene rings is 1. The Labute approximate surface area is 110 Å². The zero-order chi connectivity index (χ0) is 13.8. The summed E-state index contributed by atoms with van der Waals surface area (Å²) >= 11 is 0. The van der Waals surface area contributed by atoms with Gasteiger partial charge in [0.25, 0.3) is 0 Å². The van der Waals surface area contributed by atoms with Crippen molar-refractivity contribution in [2.75, 3.05) is 5.73 Å². The zero-order valence-corrected chi connectivity index (χ0v) is 10.7. The molecule has 0 aliphatic rings. The molecular weight excluding hydrogens is 244 g/mol. The molecule has 0 fully saturated rings. The second-order valence-corrected chi connectivity index (χ2v) is 4.31. The van der Waals surface area contributed by atoms with Crippen LogP contribution in [-0.2, 0) is 4.79 Å². The Kier molecular flexibility index (Phi) is 3.79. The third-order valence-corrected chi connectivity index (χ3v) is 2.84. The minimum atomic E-state index is -0.893. The molecule has 3 N–H and O–H groups in total. The molecule has 1 atom stereocenters. The van der Waals surface area contributed by atoms with Crippen molar-refractivity contribution in [2.24, 2.45) is 0 Å². The molecule has 0 amide bonds. The van der Waals surface area contributed by atoms with Gasteiger partial charge in [-0.3, -0.25) is 0 Å². The summed E-state index contributed by atoms with van der Waals surface area (Å²) in [5.74, 6) is -0.391. The van der Waals surface area contributed by atoms with Crippen molar-refractivity contribution in [1.82, 2.24) is 14.8 Å². The van der Waals surface area contributed by atoms with Crippen molar-refractivity contribution in [1.29, 1.82) is 0 Å². The topological polar surface area (TPSA) is 94.0 Å². The number of aromatic nitrogens is 3. The molecule has 6 nitrogen and oxygen atoms in total. The Hall–Kier alpha value is -2.37. The van der Waals surface area contributed by atoms with E-state index < -0.39 is 12.0 Å². The number of aliphatic carboxylic acids is 1. The number of nitrogens with zero attached hydrogens (tertiary/aromatic N) is 3.